The van der Waals surface area contributed by atoms with Crippen LogP contribution >= 0.6 is 11.6 Å². The van der Waals surface area contributed by atoms with Gasteiger partial charge in [0.1, 0.15) is 0 Å². The van der Waals surface area contributed by atoms with Gasteiger partial charge in [0.2, 0.25) is 0 Å². The second-order valence-electron chi connectivity index (χ2n) is 2.09. The van der Waals surface area contributed by atoms with Crippen molar-refractivity contribution in [3.05, 3.63) is 34.2 Å². The molecule has 58 valence electrons. The molecule has 3 nitrogen and oxygen atoms in total. The fourth-order valence-electron chi connectivity index (χ4n) is 0.725. The van der Waals surface area contributed by atoms with Gasteiger partial charge in [0.15, 0.2) is 0 Å². The lowest BCUT2D eigenvalue weighted by molar-refractivity contribution is 1.00. The summed E-state index contributed by atoms with van der Waals surface area (Å²) in [6.07, 6.45) is 0. The van der Waals surface area contributed by atoms with Crippen molar-refractivity contribution in [2.45, 2.75) is 0 Å². The number of halogens is 1. The molecule has 0 unspecified atom stereocenters. The van der Waals surface area contributed by atoms with E-state index in [1.165, 1.54) is 5.01 Å². The topological polar surface area (TPSA) is 32.7 Å². The first kappa shape index (κ1) is 8.01. The number of benzene rings is 1. The first-order valence-corrected chi connectivity index (χ1v) is 3.44. The standard InChI is InChI=1S/C7H7ClN2O/c1-10(9-11)7-4-2-3-6(8)5-7/h2-5H,1H3. The fourth-order valence-corrected chi connectivity index (χ4v) is 0.909. The van der Waals surface area contributed by atoms with Crippen molar-refractivity contribution < 1.29 is 0 Å². The fraction of sp³-hybridized carbons (Fsp3) is 0.143. The van der Waals surface area contributed by atoms with Crippen LogP contribution in [0.1, 0.15) is 0 Å². The van der Waals surface area contributed by atoms with Crippen LogP contribution in [-0.2, 0) is 0 Å². The van der Waals surface area contributed by atoms with Crippen LogP contribution in [0.25, 0.3) is 0 Å². The second-order valence-corrected chi connectivity index (χ2v) is 2.52. The predicted octanol–water partition coefficient (Wildman–Crippen LogP) is 2.46. The van der Waals surface area contributed by atoms with Gasteiger partial charge in [0.05, 0.1) is 11.0 Å². The molecule has 0 fully saturated rings. The van der Waals surface area contributed by atoms with Crippen LogP contribution in [-0.4, -0.2) is 7.05 Å². The lowest BCUT2D eigenvalue weighted by atomic mass is 10.3. The maximum atomic E-state index is 10.0. The molecule has 0 saturated heterocycles. The molecule has 0 heterocycles. The van der Waals surface area contributed by atoms with Crippen molar-refractivity contribution in [1.29, 1.82) is 0 Å². The molecular weight excluding hydrogens is 164 g/mol. The molecule has 0 amide bonds. The van der Waals surface area contributed by atoms with Crippen LogP contribution in [0.15, 0.2) is 29.6 Å². The van der Waals surface area contributed by atoms with E-state index in [2.05, 4.69) is 5.29 Å². The van der Waals surface area contributed by atoms with Crippen molar-refractivity contribution in [3.8, 4) is 0 Å². The van der Waals surface area contributed by atoms with Crippen LogP contribution < -0.4 is 5.01 Å². The number of hydrogen-bond acceptors (Lipinski definition) is 2. The number of nitrogens with zero attached hydrogens (tertiary/aromatic N) is 2. The third-order valence-corrected chi connectivity index (χ3v) is 1.54. The Morgan fingerprint density at radius 2 is 2.27 bits per heavy atom. The highest BCUT2D eigenvalue weighted by molar-refractivity contribution is 6.30. The molecule has 1 aromatic rings. The maximum Gasteiger partial charge on any atom is 0.0637 e. The molecule has 0 saturated carbocycles. The van der Waals surface area contributed by atoms with Crippen LogP contribution in [0.3, 0.4) is 0 Å². The summed E-state index contributed by atoms with van der Waals surface area (Å²) >= 11 is 5.68. The van der Waals surface area contributed by atoms with Crippen LogP contribution in [0.2, 0.25) is 5.02 Å². The molecule has 0 N–H and O–H groups in total. The average Bonchev–Trinajstić information content (AvgIpc) is 2.03. The Balaban J connectivity index is 2.95. The number of nitroso groups, excluding NO2 is 1. The van der Waals surface area contributed by atoms with Crippen molar-refractivity contribution in [1.82, 2.24) is 0 Å². The minimum atomic E-state index is 0.595. The first-order chi connectivity index (χ1) is 5.24. The molecule has 0 bridgehead atoms. The van der Waals surface area contributed by atoms with Crippen molar-refractivity contribution in [2.75, 3.05) is 12.1 Å². The maximum absolute atomic E-state index is 10.0. The summed E-state index contributed by atoms with van der Waals surface area (Å²) in [7, 11) is 1.57. The summed E-state index contributed by atoms with van der Waals surface area (Å²) in [6.45, 7) is 0. The van der Waals surface area contributed by atoms with E-state index in [0.717, 1.165) is 0 Å². The van der Waals surface area contributed by atoms with Gasteiger partial charge >= 0.3 is 0 Å². The highest BCUT2D eigenvalue weighted by atomic mass is 35.5. The van der Waals surface area contributed by atoms with E-state index in [4.69, 9.17) is 11.6 Å². The highest BCUT2D eigenvalue weighted by Crippen LogP contribution is 2.17. The van der Waals surface area contributed by atoms with E-state index < -0.39 is 0 Å². The summed E-state index contributed by atoms with van der Waals surface area (Å²) in [5, 5.41) is 4.53. The Morgan fingerprint density at radius 3 is 2.82 bits per heavy atom. The number of hydrogen-bond donors (Lipinski definition) is 0. The van der Waals surface area contributed by atoms with E-state index in [9.17, 15) is 4.91 Å². The van der Waals surface area contributed by atoms with Gasteiger partial charge in [-0.3, -0.25) is 0 Å². The Kier molecular flexibility index (Phi) is 2.44. The lowest BCUT2D eigenvalue weighted by Crippen LogP contribution is -2.05. The Hall–Kier alpha value is -1.09. The number of rotatable bonds is 2. The molecule has 0 atom stereocenters. The van der Waals surface area contributed by atoms with Crippen molar-refractivity contribution in [2.24, 2.45) is 5.29 Å². The minimum absolute atomic E-state index is 0.595. The summed E-state index contributed by atoms with van der Waals surface area (Å²) in [5.74, 6) is 0. The predicted molar refractivity (Wildman–Crippen MR) is 45.7 cm³/mol. The molecule has 1 aromatic carbocycles. The van der Waals surface area contributed by atoms with Gasteiger partial charge in [-0.25, -0.2) is 5.01 Å². The average molecular weight is 171 g/mol. The van der Waals surface area contributed by atoms with Gasteiger partial charge < -0.3 is 0 Å². The molecule has 0 aliphatic rings. The van der Waals surface area contributed by atoms with Crippen LogP contribution in [0.4, 0.5) is 5.69 Å². The van der Waals surface area contributed by atoms with Gasteiger partial charge in [-0.2, -0.15) is 0 Å². The normalized spacial score (nSPS) is 9.27. The van der Waals surface area contributed by atoms with E-state index in [0.29, 0.717) is 10.7 Å². The second kappa shape index (κ2) is 3.34. The van der Waals surface area contributed by atoms with Gasteiger partial charge in [-0.15, -0.1) is 4.91 Å². The molecule has 0 radical (unpaired) electrons. The van der Waals surface area contributed by atoms with Gasteiger partial charge in [-0.05, 0) is 18.2 Å². The Morgan fingerprint density at radius 1 is 1.55 bits per heavy atom. The summed E-state index contributed by atoms with van der Waals surface area (Å²) in [6, 6.07) is 6.93. The highest BCUT2D eigenvalue weighted by Gasteiger charge is 1.98. The zero-order chi connectivity index (χ0) is 8.27. The summed E-state index contributed by atoms with van der Waals surface area (Å²) < 4.78 is 0. The van der Waals surface area contributed by atoms with Crippen molar-refractivity contribution >= 4 is 17.3 Å². The quantitative estimate of drug-likeness (QED) is 0.505. The Bertz CT molecular complexity index is 264. The SMILES string of the molecule is CN(N=O)c1cccc(Cl)c1. The van der Waals surface area contributed by atoms with Crippen LogP contribution in [0, 0.1) is 4.91 Å². The van der Waals surface area contributed by atoms with E-state index in [1.54, 1.807) is 31.3 Å². The molecule has 11 heavy (non-hydrogen) atoms. The minimum Gasteiger partial charge on any atom is -0.232 e. The van der Waals surface area contributed by atoms with E-state index >= 15 is 0 Å². The number of anilines is 1. The zero-order valence-electron chi connectivity index (χ0n) is 5.99. The van der Waals surface area contributed by atoms with Crippen LogP contribution in [0.5, 0.6) is 0 Å². The van der Waals surface area contributed by atoms with E-state index in [1.807, 2.05) is 0 Å². The lowest BCUT2D eigenvalue weighted by Gasteiger charge is -2.07. The Labute approximate surface area is 69.5 Å². The third-order valence-electron chi connectivity index (χ3n) is 1.30. The van der Waals surface area contributed by atoms with Gasteiger partial charge in [0.25, 0.3) is 0 Å². The van der Waals surface area contributed by atoms with Crippen molar-refractivity contribution in [3.63, 3.8) is 0 Å². The van der Waals surface area contributed by atoms with E-state index in [-0.39, 0.29) is 0 Å². The third kappa shape index (κ3) is 1.91. The molecule has 0 aliphatic carbocycles. The smallest absolute Gasteiger partial charge is 0.0637 e. The van der Waals surface area contributed by atoms with Gasteiger partial charge in [-0.1, -0.05) is 17.7 Å². The van der Waals surface area contributed by atoms with Gasteiger partial charge in [0, 0.05) is 12.1 Å². The molecule has 0 aliphatic heterocycles. The molecular formula is C7H7ClN2O. The summed E-state index contributed by atoms with van der Waals surface area (Å²) in [5.41, 5.74) is 0.688. The molecule has 0 spiro atoms. The zero-order valence-corrected chi connectivity index (χ0v) is 6.75. The molecule has 0 aromatic heterocycles. The summed E-state index contributed by atoms with van der Waals surface area (Å²) in [4.78, 5) is 10.0. The monoisotopic (exact) mass is 170 g/mol. The largest absolute Gasteiger partial charge is 0.232 e. The molecule has 1 rings (SSSR count). The molecule has 4 heteroatoms. The first-order valence-electron chi connectivity index (χ1n) is 3.06.